The van der Waals surface area contributed by atoms with E-state index in [0.29, 0.717) is 37.3 Å². The summed E-state index contributed by atoms with van der Waals surface area (Å²) < 4.78 is 5.46. The molecule has 1 aliphatic heterocycles. The summed E-state index contributed by atoms with van der Waals surface area (Å²) in [6, 6.07) is 12.2. The van der Waals surface area contributed by atoms with Crippen LogP contribution in [0.15, 0.2) is 36.4 Å². The van der Waals surface area contributed by atoms with E-state index in [1.807, 2.05) is 24.3 Å². The summed E-state index contributed by atoms with van der Waals surface area (Å²) in [6.07, 6.45) is 1.84. The lowest BCUT2D eigenvalue weighted by Crippen LogP contribution is -2.41. The molecule has 2 aliphatic rings. The van der Waals surface area contributed by atoms with Gasteiger partial charge in [0.15, 0.2) is 0 Å². The van der Waals surface area contributed by atoms with Crippen LogP contribution in [0.2, 0.25) is 0 Å². The normalized spacial score (nSPS) is 20.6. The maximum absolute atomic E-state index is 13.1. The number of carbonyl (C=O) groups is 2. The highest BCUT2D eigenvalue weighted by atomic mass is 16.5. The second-order valence-corrected chi connectivity index (χ2v) is 7.36. The van der Waals surface area contributed by atoms with Crippen LogP contribution in [0.4, 0.5) is 0 Å². The van der Waals surface area contributed by atoms with Crippen LogP contribution in [-0.2, 0) is 22.6 Å². The van der Waals surface area contributed by atoms with Crippen LogP contribution in [0.5, 0.6) is 0 Å². The van der Waals surface area contributed by atoms with Gasteiger partial charge in [0.05, 0.1) is 19.8 Å². The molecule has 0 saturated heterocycles. The van der Waals surface area contributed by atoms with Crippen molar-refractivity contribution in [2.45, 2.75) is 25.4 Å². The Kier molecular flexibility index (Phi) is 4.99. The van der Waals surface area contributed by atoms with E-state index in [1.54, 1.807) is 11.9 Å². The number of amides is 2. The number of aromatic amines is 1. The Morgan fingerprint density at radius 1 is 1.30 bits per heavy atom. The van der Waals surface area contributed by atoms with Gasteiger partial charge in [-0.05, 0) is 35.4 Å². The van der Waals surface area contributed by atoms with Crippen molar-refractivity contribution >= 4 is 11.8 Å². The minimum Gasteiger partial charge on any atom is -0.376 e. The summed E-state index contributed by atoms with van der Waals surface area (Å²) in [5.41, 5.74) is 3.96. The smallest absolute Gasteiger partial charge is 0.270 e. The number of nitrogens with zero attached hydrogens (tertiary/aromatic N) is 1. The zero-order valence-corrected chi connectivity index (χ0v) is 15.5. The highest BCUT2D eigenvalue weighted by Crippen LogP contribution is 2.47. The number of H-pyrrole nitrogens is 1. The number of aromatic nitrogens is 1. The van der Waals surface area contributed by atoms with Crippen molar-refractivity contribution in [3.8, 4) is 0 Å². The molecule has 0 spiro atoms. The molecule has 4 rings (SSSR count). The first-order valence-corrected chi connectivity index (χ1v) is 9.49. The summed E-state index contributed by atoms with van der Waals surface area (Å²) in [4.78, 5) is 30.0. The molecule has 2 atom stereocenters. The van der Waals surface area contributed by atoms with Crippen molar-refractivity contribution in [3.05, 3.63) is 58.9 Å². The molecule has 142 valence electrons. The number of ether oxygens (including phenoxy) is 1. The van der Waals surface area contributed by atoms with E-state index in [-0.39, 0.29) is 18.4 Å². The summed E-state index contributed by atoms with van der Waals surface area (Å²) in [6.45, 7) is 1.87. The SMILES string of the molecule is CNC(=O)CN(C[C@@H]1C[C@H]1c1ccccc1)C(=O)c1cc2c([nH]1)CCOC2. The molecule has 6 nitrogen and oxygen atoms in total. The Morgan fingerprint density at radius 2 is 2.11 bits per heavy atom. The number of carbonyl (C=O) groups excluding carboxylic acids is 2. The molecule has 27 heavy (non-hydrogen) atoms. The molecular formula is C21H25N3O3. The first-order valence-electron chi connectivity index (χ1n) is 9.49. The van der Waals surface area contributed by atoms with Crippen molar-refractivity contribution in [2.24, 2.45) is 5.92 Å². The minimum absolute atomic E-state index is 0.0769. The van der Waals surface area contributed by atoms with E-state index in [1.165, 1.54) is 5.56 Å². The Hall–Kier alpha value is -2.60. The van der Waals surface area contributed by atoms with E-state index in [4.69, 9.17) is 4.74 Å². The highest BCUT2D eigenvalue weighted by Gasteiger charge is 2.40. The van der Waals surface area contributed by atoms with Gasteiger partial charge in [-0.1, -0.05) is 30.3 Å². The van der Waals surface area contributed by atoms with Gasteiger partial charge in [-0.2, -0.15) is 0 Å². The van der Waals surface area contributed by atoms with Crippen molar-refractivity contribution in [1.82, 2.24) is 15.2 Å². The maximum atomic E-state index is 13.1. The molecule has 1 saturated carbocycles. The van der Waals surface area contributed by atoms with Gasteiger partial charge < -0.3 is 19.9 Å². The number of hydrogen-bond donors (Lipinski definition) is 2. The number of nitrogens with one attached hydrogen (secondary N) is 2. The molecule has 6 heteroatoms. The van der Waals surface area contributed by atoms with Crippen LogP contribution < -0.4 is 5.32 Å². The van der Waals surface area contributed by atoms with Gasteiger partial charge in [-0.25, -0.2) is 0 Å². The van der Waals surface area contributed by atoms with Gasteiger partial charge in [0.2, 0.25) is 5.91 Å². The second kappa shape index (κ2) is 7.56. The van der Waals surface area contributed by atoms with Crippen LogP contribution in [0.3, 0.4) is 0 Å². The van der Waals surface area contributed by atoms with Gasteiger partial charge >= 0.3 is 0 Å². The molecule has 0 radical (unpaired) electrons. The van der Waals surface area contributed by atoms with E-state index in [0.717, 1.165) is 24.1 Å². The average molecular weight is 367 g/mol. The fourth-order valence-electron chi connectivity index (χ4n) is 3.85. The quantitative estimate of drug-likeness (QED) is 0.821. The van der Waals surface area contributed by atoms with Crippen LogP contribution in [0, 0.1) is 5.92 Å². The minimum atomic E-state index is -0.153. The molecule has 2 amide bonds. The Labute approximate surface area is 158 Å². The third-order valence-corrected chi connectivity index (χ3v) is 5.48. The van der Waals surface area contributed by atoms with E-state index in [9.17, 15) is 9.59 Å². The Bertz CT molecular complexity index is 807. The molecule has 1 fully saturated rings. The summed E-state index contributed by atoms with van der Waals surface area (Å²) in [5, 5.41) is 2.62. The monoisotopic (exact) mass is 367 g/mol. The third kappa shape index (κ3) is 3.90. The second-order valence-electron chi connectivity index (χ2n) is 7.36. The molecule has 1 aromatic carbocycles. The molecule has 1 aromatic heterocycles. The lowest BCUT2D eigenvalue weighted by Gasteiger charge is -2.21. The summed E-state index contributed by atoms with van der Waals surface area (Å²) in [5.74, 6) is 0.594. The first-order chi connectivity index (χ1) is 13.2. The topological polar surface area (TPSA) is 74.4 Å². The molecular weight excluding hydrogens is 342 g/mol. The summed E-state index contributed by atoms with van der Waals surface area (Å²) >= 11 is 0. The van der Waals surface area contributed by atoms with Gasteiger partial charge in [-0.15, -0.1) is 0 Å². The lowest BCUT2D eigenvalue weighted by molar-refractivity contribution is -0.121. The van der Waals surface area contributed by atoms with Crippen molar-refractivity contribution in [3.63, 3.8) is 0 Å². The third-order valence-electron chi connectivity index (χ3n) is 5.48. The van der Waals surface area contributed by atoms with Crippen LogP contribution >= 0.6 is 0 Å². The Morgan fingerprint density at radius 3 is 2.85 bits per heavy atom. The van der Waals surface area contributed by atoms with Gasteiger partial charge in [0, 0.05) is 25.7 Å². The van der Waals surface area contributed by atoms with Gasteiger partial charge in [0.1, 0.15) is 5.69 Å². The van der Waals surface area contributed by atoms with Crippen LogP contribution in [0.1, 0.15) is 39.6 Å². The molecule has 2 N–H and O–H groups in total. The molecule has 2 aromatic rings. The molecule has 0 bridgehead atoms. The lowest BCUT2D eigenvalue weighted by atomic mass is 10.1. The summed E-state index contributed by atoms with van der Waals surface area (Å²) in [7, 11) is 1.60. The zero-order valence-electron chi connectivity index (χ0n) is 15.5. The number of benzene rings is 1. The highest BCUT2D eigenvalue weighted by molar-refractivity contribution is 5.95. The fraction of sp³-hybridized carbons (Fsp3) is 0.429. The van der Waals surface area contributed by atoms with E-state index >= 15 is 0 Å². The number of rotatable bonds is 6. The van der Waals surface area contributed by atoms with E-state index in [2.05, 4.69) is 22.4 Å². The standard InChI is InChI=1S/C21H25N3O3/c1-22-20(25)12-24(11-15-9-17(15)14-5-3-2-4-6-14)21(26)19-10-16-13-27-8-7-18(16)23-19/h2-6,10,15,17,23H,7-9,11-13H2,1H3,(H,22,25)/t15-,17-/m0/s1. The number of hydrogen-bond acceptors (Lipinski definition) is 3. The van der Waals surface area contributed by atoms with Crippen molar-refractivity contribution in [1.29, 1.82) is 0 Å². The van der Waals surface area contributed by atoms with Gasteiger partial charge in [0.25, 0.3) is 5.91 Å². The first kappa shape index (κ1) is 17.8. The largest absolute Gasteiger partial charge is 0.376 e. The van der Waals surface area contributed by atoms with Gasteiger partial charge in [-0.3, -0.25) is 9.59 Å². The molecule has 0 unspecified atom stereocenters. The van der Waals surface area contributed by atoms with Crippen molar-refractivity contribution < 1.29 is 14.3 Å². The van der Waals surface area contributed by atoms with Crippen LogP contribution in [0.25, 0.3) is 0 Å². The fourth-order valence-corrected chi connectivity index (χ4v) is 3.85. The zero-order chi connectivity index (χ0) is 18.8. The predicted octanol–water partition coefficient (Wildman–Crippen LogP) is 2.08. The Balaban J connectivity index is 1.48. The predicted molar refractivity (Wildman–Crippen MR) is 101 cm³/mol. The molecule has 2 heterocycles. The maximum Gasteiger partial charge on any atom is 0.270 e. The number of fused-ring (bicyclic) bond motifs is 1. The van der Waals surface area contributed by atoms with Crippen LogP contribution in [-0.4, -0.2) is 48.4 Å². The average Bonchev–Trinajstić information content (AvgIpc) is 3.33. The van der Waals surface area contributed by atoms with E-state index < -0.39 is 0 Å². The number of likely N-dealkylation sites (N-methyl/N-ethyl adjacent to an activating group) is 1. The molecule has 1 aliphatic carbocycles. The van der Waals surface area contributed by atoms with Crippen molar-refractivity contribution in [2.75, 3.05) is 26.7 Å².